The van der Waals surface area contributed by atoms with Crippen LogP contribution in [0.1, 0.15) is 42.6 Å². The van der Waals surface area contributed by atoms with E-state index in [9.17, 15) is 18.8 Å². The first-order valence-corrected chi connectivity index (χ1v) is 11.8. The SMILES string of the molecule is COC(=O)CC[C@H](NC(=O)c1ccc(-c2ccccc2)cc1)C(=O)NC(C)(C)Cc1ccc(F)cc1. The highest BCUT2D eigenvalue weighted by Crippen LogP contribution is 2.19. The van der Waals surface area contributed by atoms with Crippen molar-refractivity contribution in [2.45, 2.75) is 44.7 Å². The molecule has 0 aliphatic rings. The van der Waals surface area contributed by atoms with E-state index in [0.29, 0.717) is 12.0 Å². The summed E-state index contributed by atoms with van der Waals surface area (Å²) in [6.45, 7) is 3.69. The minimum atomic E-state index is -0.946. The Balaban J connectivity index is 1.70. The molecule has 2 N–H and O–H groups in total. The molecule has 3 rings (SSSR count). The molecule has 0 fully saturated rings. The summed E-state index contributed by atoms with van der Waals surface area (Å²) in [6, 6.07) is 22.0. The first-order chi connectivity index (χ1) is 17.2. The summed E-state index contributed by atoms with van der Waals surface area (Å²) in [5.74, 6) is -1.64. The van der Waals surface area contributed by atoms with Crippen molar-refractivity contribution in [3.8, 4) is 11.1 Å². The second-order valence-corrected chi connectivity index (χ2v) is 9.26. The number of hydrogen-bond donors (Lipinski definition) is 2. The molecule has 0 bridgehead atoms. The number of ether oxygens (including phenoxy) is 1. The number of esters is 1. The minimum Gasteiger partial charge on any atom is -0.469 e. The van der Waals surface area contributed by atoms with E-state index in [0.717, 1.165) is 16.7 Å². The van der Waals surface area contributed by atoms with Crippen molar-refractivity contribution in [2.24, 2.45) is 0 Å². The van der Waals surface area contributed by atoms with E-state index >= 15 is 0 Å². The Kier molecular flexibility index (Phi) is 8.95. The summed E-state index contributed by atoms with van der Waals surface area (Å²) < 4.78 is 17.9. The maximum absolute atomic E-state index is 13.2. The third kappa shape index (κ3) is 7.77. The van der Waals surface area contributed by atoms with Gasteiger partial charge in [0.2, 0.25) is 5.91 Å². The average molecular weight is 491 g/mol. The van der Waals surface area contributed by atoms with Gasteiger partial charge in [-0.2, -0.15) is 0 Å². The van der Waals surface area contributed by atoms with Gasteiger partial charge in [-0.25, -0.2) is 4.39 Å². The number of amides is 2. The predicted octanol–water partition coefficient (Wildman–Crippen LogP) is 4.68. The van der Waals surface area contributed by atoms with Gasteiger partial charge in [0.25, 0.3) is 5.91 Å². The van der Waals surface area contributed by atoms with Crippen molar-refractivity contribution < 1.29 is 23.5 Å². The fourth-order valence-corrected chi connectivity index (χ4v) is 3.90. The maximum atomic E-state index is 13.2. The third-order valence-electron chi connectivity index (χ3n) is 5.76. The first kappa shape index (κ1) is 26.6. The van der Waals surface area contributed by atoms with Crippen molar-refractivity contribution in [1.29, 1.82) is 0 Å². The number of carbonyl (C=O) groups excluding carboxylic acids is 3. The lowest BCUT2D eigenvalue weighted by Crippen LogP contribution is -2.54. The lowest BCUT2D eigenvalue weighted by Gasteiger charge is -2.29. The first-order valence-electron chi connectivity index (χ1n) is 11.8. The van der Waals surface area contributed by atoms with Crippen molar-refractivity contribution in [3.63, 3.8) is 0 Å². The van der Waals surface area contributed by atoms with Crippen LogP contribution in [0.25, 0.3) is 11.1 Å². The fourth-order valence-electron chi connectivity index (χ4n) is 3.90. The van der Waals surface area contributed by atoms with Gasteiger partial charge in [-0.15, -0.1) is 0 Å². The van der Waals surface area contributed by atoms with E-state index in [1.807, 2.05) is 56.3 Å². The molecule has 188 valence electrons. The van der Waals surface area contributed by atoms with Crippen LogP contribution in [0.15, 0.2) is 78.9 Å². The summed E-state index contributed by atoms with van der Waals surface area (Å²) in [4.78, 5) is 37.9. The molecule has 1 atom stereocenters. The van der Waals surface area contributed by atoms with Gasteiger partial charge in [-0.3, -0.25) is 14.4 Å². The molecule has 0 spiro atoms. The van der Waals surface area contributed by atoms with Crippen LogP contribution in [0.4, 0.5) is 4.39 Å². The van der Waals surface area contributed by atoms with Gasteiger partial charge < -0.3 is 15.4 Å². The molecule has 3 aromatic carbocycles. The zero-order valence-corrected chi connectivity index (χ0v) is 20.7. The molecule has 0 saturated carbocycles. The molecule has 0 heterocycles. The summed E-state index contributed by atoms with van der Waals surface area (Å²) in [5, 5.41) is 5.71. The maximum Gasteiger partial charge on any atom is 0.305 e. The molecule has 2 amide bonds. The Morgan fingerprint density at radius 3 is 2.11 bits per heavy atom. The van der Waals surface area contributed by atoms with E-state index in [1.54, 1.807) is 24.3 Å². The van der Waals surface area contributed by atoms with Crippen molar-refractivity contribution in [2.75, 3.05) is 7.11 Å². The largest absolute Gasteiger partial charge is 0.469 e. The standard InChI is InChI=1S/C29H31FN2O4/c1-29(2,19-20-9-15-24(30)16-10-20)32-28(35)25(17-18-26(33)36-3)31-27(34)23-13-11-22(12-14-23)21-7-5-4-6-8-21/h4-16,25H,17-19H2,1-3H3,(H,31,34)(H,32,35)/t25-/m0/s1. The van der Waals surface area contributed by atoms with Crippen LogP contribution in [0.3, 0.4) is 0 Å². The normalized spacial score (nSPS) is 11.9. The number of rotatable bonds is 10. The number of hydrogen-bond acceptors (Lipinski definition) is 4. The van der Waals surface area contributed by atoms with Crippen molar-refractivity contribution in [3.05, 3.63) is 95.8 Å². The highest BCUT2D eigenvalue weighted by molar-refractivity contribution is 5.98. The molecular weight excluding hydrogens is 459 g/mol. The Hall–Kier alpha value is -4.00. The van der Waals surface area contributed by atoms with Crippen LogP contribution in [-0.2, 0) is 20.7 Å². The second kappa shape index (κ2) is 12.1. The lowest BCUT2D eigenvalue weighted by atomic mass is 9.94. The molecule has 0 unspecified atom stereocenters. The van der Waals surface area contributed by atoms with E-state index in [1.165, 1.54) is 19.2 Å². The van der Waals surface area contributed by atoms with Gasteiger partial charge in [0, 0.05) is 17.5 Å². The molecular formula is C29H31FN2O4. The van der Waals surface area contributed by atoms with Gasteiger partial charge in [-0.1, -0.05) is 54.6 Å². The number of benzene rings is 3. The molecule has 0 aliphatic heterocycles. The van der Waals surface area contributed by atoms with Crippen molar-refractivity contribution in [1.82, 2.24) is 10.6 Å². The quantitative estimate of drug-likeness (QED) is 0.404. The molecule has 0 aliphatic carbocycles. The van der Waals surface area contributed by atoms with Gasteiger partial charge >= 0.3 is 5.97 Å². The number of nitrogens with one attached hydrogen (secondary N) is 2. The topological polar surface area (TPSA) is 84.5 Å². The summed E-state index contributed by atoms with van der Waals surface area (Å²) in [6.07, 6.45) is 0.511. The minimum absolute atomic E-state index is 0.0276. The van der Waals surface area contributed by atoms with E-state index < -0.39 is 29.4 Å². The predicted molar refractivity (Wildman–Crippen MR) is 137 cm³/mol. The third-order valence-corrected chi connectivity index (χ3v) is 5.76. The molecule has 7 heteroatoms. The summed E-state index contributed by atoms with van der Waals surface area (Å²) in [5.41, 5.74) is 2.57. The summed E-state index contributed by atoms with van der Waals surface area (Å²) >= 11 is 0. The van der Waals surface area contributed by atoms with E-state index in [2.05, 4.69) is 10.6 Å². The van der Waals surface area contributed by atoms with Gasteiger partial charge in [-0.05, 0) is 67.6 Å². The van der Waals surface area contributed by atoms with Crippen LogP contribution in [0.2, 0.25) is 0 Å². The van der Waals surface area contributed by atoms with Crippen LogP contribution < -0.4 is 10.6 Å². The Morgan fingerprint density at radius 1 is 0.889 bits per heavy atom. The van der Waals surface area contributed by atoms with Crippen LogP contribution >= 0.6 is 0 Å². The molecule has 0 aromatic heterocycles. The Labute approximate surface area is 210 Å². The number of methoxy groups -OCH3 is 1. The molecule has 6 nitrogen and oxygen atoms in total. The smallest absolute Gasteiger partial charge is 0.305 e. The van der Waals surface area contributed by atoms with Gasteiger partial charge in [0.05, 0.1) is 7.11 Å². The van der Waals surface area contributed by atoms with Gasteiger partial charge in [0.1, 0.15) is 11.9 Å². The Morgan fingerprint density at radius 2 is 1.50 bits per heavy atom. The highest BCUT2D eigenvalue weighted by Gasteiger charge is 2.28. The number of carbonyl (C=O) groups is 3. The zero-order chi connectivity index (χ0) is 26.1. The molecule has 3 aromatic rings. The average Bonchev–Trinajstić information content (AvgIpc) is 2.87. The van der Waals surface area contributed by atoms with Gasteiger partial charge in [0.15, 0.2) is 0 Å². The number of halogens is 1. The fraction of sp³-hybridized carbons (Fsp3) is 0.276. The molecule has 0 saturated heterocycles. The monoisotopic (exact) mass is 490 g/mol. The molecule has 0 radical (unpaired) electrons. The molecule has 36 heavy (non-hydrogen) atoms. The lowest BCUT2D eigenvalue weighted by molar-refractivity contribution is -0.140. The Bertz CT molecular complexity index is 1180. The van der Waals surface area contributed by atoms with Crippen LogP contribution in [-0.4, -0.2) is 36.5 Å². The van der Waals surface area contributed by atoms with Crippen LogP contribution in [0.5, 0.6) is 0 Å². The van der Waals surface area contributed by atoms with E-state index in [-0.39, 0.29) is 18.7 Å². The van der Waals surface area contributed by atoms with E-state index in [4.69, 9.17) is 4.74 Å². The van der Waals surface area contributed by atoms with Crippen LogP contribution in [0, 0.1) is 5.82 Å². The zero-order valence-electron chi connectivity index (χ0n) is 20.7. The van der Waals surface area contributed by atoms with Crippen molar-refractivity contribution >= 4 is 17.8 Å². The second-order valence-electron chi connectivity index (χ2n) is 9.26. The highest BCUT2D eigenvalue weighted by atomic mass is 19.1. The summed E-state index contributed by atoms with van der Waals surface area (Å²) in [7, 11) is 1.27.